The van der Waals surface area contributed by atoms with Crippen LogP contribution in [0.2, 0.25) is 0 Å². The number of hydrogen-bond donors (Lipinski definition) is 3. The Bertz CT molecular complexity index is 939. The Kier molecular flexibility index (Phi) is 9.21. The summed E-state index contributed by atoms with van der Waals surface area (Å²) in [6.45, 7) is 11.6. The van der Waals surface area contributed by atoms with E-state index < -0.39 is 0 Å². The highest BCUT2D eigenvalue weighted by Gasteiger charge is 2.20. The second-order valence-electron chi connectivity index (χ2n) is 9.14. The van der Waals surface area contributed by atoms with Crippen LogP contribution in [0.4, 0.5) is 0 Å². The molecule has 0 spiro atoms. The maximum atomic E-state index is 12.8. The molecule has 0 aliphatic heterocycles. The van der Waals surface area contributed by atoms with Crippen LogP contribution >= 0.6 is 12.2 Å². The van der Waals surface area contributed by atoms with Crippen LogP contribution in [0.1, 0.15) is 57.9 Å². The average molecular weight is 455 g/mol. The van der Waals surface area contributed by atoms with Crippen molar-refractivity contribution in [2.75, 3.05) is 6.54 Å². The van der Waals surface area contributed by atoms with E-state index in [1.54, 1.807) is 24.7 Å². The molecule has 8 heteroatoms. The predicted octanol–water partition coefficient (Wildman–Crippen LogP) is 3.14. The summed E-state index contributed by atoms with van der Waals surface area (Å²) in [5, 5.41) is 19.2. The molecule has 0 aliphatic rings. The van der Waals surface area contributed by atoms with Crippen molar-refractivity contribution >= 4 is 23.2 Å². The molecule has 2 atom stereocenters. The monoisotopic (exact) mass is 454 g/mol. The van der Waals surface area contributed by atoms with Crippen LogP contribution in [0.15, 0.2) is 36.8 Å². The van der Waals surface area contributed by atoms with Gasteiger partial charge in [0.2, 0.25) is 5.91 Å². The second kappa shape index (κ2) is 11.6. The summed E-state index contributed by atoms with van der Waals surface area (Å²) in [5.41, 5.74) is 2.39. The van der Waals surface area contributed by atoms with E-state index >= 15 is 0 Å². The van der Waals surface area contributed by atoms with Crippen LogP contribution in [-0.4, -0.2) is 38.7 Å². The molecular formula is C24H34N6OS. The van der Waals surface area contributed by atoms with Crippen molar-refractivity contribution < 1.29 is 4.79 Å². The van der Waals surface area contributed by atoms with Crippen molar-refractivity contribution in [1.82, 2.24) is 25.5 Å². The number of aromatic nitrogens is 2. The SMILES string of the molecule is CC[C@H](C)[C@@H](CNC(=S)NC(C)(C)C)NC(=O)Cc1cncn1Cc1ccc(C#N)cc1. The van der Waals surface area contributed by atoms with E-state index in [9.17, 15) is 4.79 Å². The van der Waals surface area contributed by atoms with Crippen molar-refractivity contribution in [1.29, 1.82) is 5.26 Å². The molecule has 7 nitrogen and oxygen atoms in total. The fraction of sp³-hybridized carbons (Fsp3) is 0.500. The molecule has 1 heterocycles. The summed E-state index contributed by atoms with van der Waals surface area (Å²) in [7, 11) is 0. The molecule has 172 valence electrons. The lowest BCUT2D eigenvalue weighted by Crippen LogP contribution is -2.52. The number of carbonyl (C=O) groups is 1. The van der Waals surface area contributed by atoms with Crippen LogP contribution in [0, 0.1) is 17.2 Å². The van der Waals surface area contributed by atoms with Gasteiger partial charge in [-0.15, -0.1) is 0 Å². The third-order valence-corrected chi connectivity index (χ3v) is 5.47. The Balaban J connectivity index is 1.97. The first kappa shape index (κ1) is 25.3. The van der Waals surface area contributed by atoms with Gasteiger partial charge in [0.25, 0.3) is 0 Å². The molecule has 3 N–H and O–H groups in total. The molecule has 2 rings (SSSR count). The minimum atomic E-state index is -0.119. The zero-order valence-electron chi connectivity index (χ0n) is 19.6. The molecule has 0 fully saturated rings. The normalized spacial score (nSPS) is 13.0. The highest BCUT2D eigenvalue weighted by atomic mass is 32.1. The number of thiocarbonyl (C=S) groups is 1. The lowest BCUT2D eigenvalue weighted by atomic mass is 9.99. The minimum Gasteiger partial charge on any atom is -0.361 e. The number of carbonyl (C=O) groups excluding carboxylic acids is 1. The standard InChI is InChI=1S/C24H34N6OS/c1-6-17(2)21(14-27-23(32)29-24(3,4)5)28-22(31)11-20-13-26-16-30(20)15-19-9-7-18(12-25)8-10-19/h7-10,13,16-17,21H,6,11,14-15H2,1-5H3,(H,28,31)(H2,27,29,32)/t17-,21+/m0/s1. The fourth-order valence-corrected chi connectivity index (χ4v) is 3.60. The molecule has 0 saturated carbocycles. The molecular weight excluding hydrogens is 420 g/mol. The molecule has 32 heavy (non-hydrogen) atoms. The van der Waals surface area contributed by atoms with Crippen LogP contribution in [-0.2, 0) is 17.8 Å². The zero-order chi connectivity index (χ0) is 23.7. The first-order valence-corrected chi connectivity index (χ1v) is 11.4. The summed E-state index contributed by atoms with van der Waals surface area (Å²) in [4.78, 5) is 17.1. The minimum absolute atomic E-state index is 0.0397. The van der Waals surface area contributed by atoms with Crippen molar-refractivity contribution in [2.24, 2.45) is 5.92 Å². The second-order valence-corrected chi connectivity index (χ2v) is 9.55. The third kappa shape index (κ3) is 8.31. The summed E-state index contributed by atoms with van der Waals surface area (Å²) in [6.07, 6.45) is 4.64. The highest BCUT2D eigenvalue weighted by molar-refractivity contribution is 7.80. The molecule has 1 amide bonds. The summed E-state index contributed by atoms with van der Waals surface area (Å²) in [5.74, 6) is 0.251. The zero-order valence-corrected chi connectivity index (χ0v) is 20.4. The van der Waals surface area contributed by atoms with Gasteiger partial charge in [0.1, 0.15) is 0 Å². The fourth-order valence-electron chi connectivity index (χ4n) is 3.21. The maximum Gasteiger partial charge on any atom is 0.226 e. The number of hydrogen-bond acceptors (Lipinski definition) is 4. The van der Waals surface area contributed by atoms with Gasteiger partial charge in [-0.25, -0.2) is 4.98 Å². The van der Waals surface area contributed by atoms with Gasteiger partial charge in [-0.05, 0) is 56.6 Å². The van der Waals surface area contributed by atoms with Gasteiger partial charge in [0.15, 0.2) is 5.11 Å². The molecule has 0 aliphatic carbocycles. The smallest absolute Gasteiger partial charge is 0.226 e. The number of amides is 1. The van der Waals surface area contributed by atoms with Crippen molar-refractivity contribution in [3.8, 4) is 6.07 Å². The van der Waals surface area contributed by atoms with Gasteiger partial charge >= 0.3 is 0 Å². The third-order valence-electron chi connectivity index (χ3n) is 5.22. The van der Waals surface area contributed by atoms with E-state index in [2.05, 4.69) is 61.6 Å². The van der Waals surface area contributed by atoms with Gasteiger partial charge in [0.05, 0.1) is 24.4 Å². The number of nitriles is 1. The quantitative estimate of drug-likeness (QED) is 0.504. The van der Waals surface area contributed by atoms with Crippen LogP contribution in [0.25, 0.3) is 0 Å². The van der Waals surface area contributed by atoms with E-state index in [0.29, 0.717) is 29.7 Å². The van der Waals surface area contributed by atoms with Crippen molar-refractivity contribution in [3.05, 3.63) is 53.6 Å². The van der Waals surface area contributed by atoms with Crippen LogP contribution in [0.5, 0.6) is 0 Å². The molecule has 0 bridgehead atoms. The Morgan fingerprint density at radius 2 is 1.97 bits per heavy atom. The Morgan fingerprint density at radius 1 is 1.28 bits per heavy atom. The molecule has 0 radical (unpaired) electrons. The maximum absolute atomic E-state index is 12.8. The molecule has 1 aromatic carbocycles. The lowest BCUT2D eigenvalue weighted by Gasteiger charge is -2.28. The average Bonchev–Trinajstić information content (AvgIpc) is 3.16. The predicted molar refractivity (Wildman–Crippen MR) is 131 cm³/mol. The van der Waals surface area contributed by atoms with Crippen molar-refractivity contribution in [3.63, 3.8) is 0 Å². The largest absolute Gasteiger partial charge is 0.361 e. The van der Waals surface area contributed by atoms with Gasteiger partial charge in [-0.2, -0.15) is 5.26 Å². The van der Waals surface area contributed by atoms with E-state index in [1.165, 1.54) is 0 Å². The lowest BCUT2D eigenvalue weighted by molar-refractivity contribution is -0.121. The number of nitrogens with one attached hydrogen (secondary N) is 3. The number of benzene rings is 1. The first-order valence-electron chi connectivity index (χ1n) is 10.9. The highest BCUT2D eigenvalue weighted by Crippen LogP contribution is 2.11. The van der Waals surface area contributed by atoms with E-state index in [0.717, 1.165) is 17.7 Å². The van der Waals surface area contributed by atoms with Gasteiger partial charge in [0, 0.05) is 36.6 Å². The summed E-state index contributed by atoms with van der Waals surface area (Å²) in [6, 6.07) is 9.50. The molecule has 2 aromatic rings. The van der Waals surface area contributed by atoms with Crippen LogP contribution in [0.3, 0.4) is 0 Å². The van der Waals surface area contributed by atoms with E-state index in [4.69, 9.17) is 17.5 Å². The molecule has 0 saturated heterocycles. The van der Waals surface area contributed by atoms with Crippen LogP contribution < -0.4 is 16.0 Å². The Hall–Kier alpha value is -2.92. The number of imidazole rings is 1. The van der Waals surface area contributed by atoms with Gasteiger partial charge < -0.3 is 20.5 Å². The number of nitrogens with zero attached hydrogens (tertiary/aromatic N) is 3. The molecule has 1 aromatic heterocycles. The summed E-state index contributed by atoms with van der Waals surface area (Å²) < 4.78 is 1.96. The van der Waals surface area contributed by atoms with Crippen molar-refractivity contribution in [2.45, 2.75) is 65.6 Å². The Morgan fingerprint density at radius 3 is 2.56 bits per heavy atom. The topological polar surface area (TPSA) is 94.8 Å². The Labute approximate surface area is 196 Å². The van der Waals surface area contributed by atoms with Gasteiger partial charge in [-0.1, -0.05) is 32.4 Å². The van der Waals surface area contributed by atoms with Gasteiger partial charge in [-0.3, -0.25) is 4.79 Å². The molecule has 0 unspecified atom stereocenters. The number of rotatable bonds is 9. The first-order chi connectivity index (χ1) is 15.1. The van der Waals surface area contributed by atoms with E-state index in [1.807, 2.05) is 16.7 Å². The van der Waals surface area contributed by atoms with E-state index in [-0.39, 0.29) is 23.9 Å². The summed E-state index contributed by atoms with van der Waals surface area (Å²) >= 11 is 5.38.